The average Bonchev–Trinajstić information content (AvgIpc) is 1.94. The van der Waals surface area contributed by atoms with Crippen molar-refractivity contribution in [2.45, 2.75) is 6.42 Å². The summed E-state index contributed by atoms with van der Waals surface area (Å²) in [6, 6.07) is 3.29. The Hall–Kier alpha value is -1.36. The first-order valence-electron chi connectivity index (χ1n) is 2.87. The van der Waals surface area contributed by atoms with Gasteiger partial charge in [0, 0.05) is 18.2 Å². The second-order valence-electron chi connectivity index (χ2n) is 1.83. The van der Waals surface area contributed by atoms with Gasteiger partial charge in [0.2, 0.25) is 5.95 Å². The van der Waals surface area contributed by atoms with E-state index in [1.165, 1.54) is 6.20 Å². The molecule has 0 bridgehead atoms. The molecular formula is C8H6FN. The molecule has 0 saturated heterocycles. The Morgan fingerprint density at radius 1 is 1.70 bits per heavy atom. The van der Waals surface area contributed by atoms with Crippen molar-refractivity contribution >= 4 is 0 Å². The van der Waals surface area contributed by atoms with E-state index in [4.69, 9.17) is 6.42 Å². The van der Waals surface area contributed by atoms with Gasteiger partial charge >= 0.3 is 0 Å². The molecular weight excluding hydrogens is 129 g/mol. The van der Waals surface area contributed by atoms with Crippen LogP contribution in [-0.4, -0.2) is 4.98 Å². The van der Waals surface area contributed by atoms with Crippen LogP contribution >= 0.6 is 0 Å². The van der Waals surface area contributed by atoms with Crippen molar-refractivity contribution < 1.29 is 4.39 Å². The molecule has 0 amide bonds. The first-order valence-corrected chi connectivity index (χ1v) is 2.87. The molecule has 0 atom stereocenters. The van der Waals surface area contributed by atoms with Gasteiger partial charge in [0.15, 0.2) is 0 Å². The summed E-state index contributed by atoms with van der Waals surface area (Å²) < 4.78 is 12.6. The fourth-order valence-electron chi connectivity index (χ4n) is 0.661. The lowest BCUT2D eigenvalue weighted by molar-refractivity contribution is 0.571. The third-order valence-electron chi connectivity index (χ3n) is 1.13. The molecule has 2 heteroatoms. The van der Waals surface area contributed by atoms with Crippen LogP contribution in [0.3, 0.4) is 0 Å². The van der Waals surface area contributed by atoms with Gasteiger partial charge in [0.1, 0.15) is 0 Å². The normalized spacial score (nSPS) is 8.80. The third-order valence-corrected chi connectivity index (χ3v) is 1.13. The summed E-state index contributed by atoms with van der Waals surface area (Å²) in [5.41, 5.74) is 0.477. The van der Waals surface area contributed by atoms with Gasteiger partial charge < -0.3 is 0 Å². The third kappa shape index (κ3) is 1.32. The van der Waals surface area contributed by atoms with Crippen molar-refractivity contribution in [3.8, 4) is 12.3 Å². The molecule has 0 aliphatic carbocycles. The van der Waals surface area contributed by atoms with E-state index in [0.29, 0.717) is 12.0 Å². The molecule has 0 aliphatic rings. The second-order valence-corrected chi connectivity index (χ2v) is 1.83. The van der Waals surface area contributed by atoms with Gasteiger partial charge in [-0.15, -0.1) is 12.3 Å². The Morgan fingerprint density at radius 3 is 3.10 bits per heavy atom. The monoisotopic (exact) mass is 135 g/mol. The predicted octanol–water partition coefficient (Wildman–Crippen LogP) is 1.40. The second kappa shape index (κ2) is 2.98. The summed E-state index contributed by atoms with van der Waals surface area (Å²) in [4.78, 5) is 3.44. The maximum atomic E-state index is 12.6. The van der Waals surface area contributed by atoms with Gasteiger partial charge in [-0.1, -0.05) is 6.07 Å². The fourth-order valence-corrected chi connectivity index (χ4v) is 0.661. The molecule has 1 nitrogen and oxygen atoms in total. The van der Waals surface area contributed by atoms with Crippen LogP contribution in [0, 0.1) is 18.3 Å². The lowest BCUT2D eigenvalue weighted by atomic mass is 10.2. The lowest BCUT2D eigenvalue weighted by Crippen LogP contribution is -1.90. The number of aromatic nitrogens is 1. The SMILES string of the molecule is C#CCc1cccnc1F. The summed E-state index contributed by atoms with van der Waals surface area (Å²) in [6.45, 7) is 0. The number of pyridine rings is 1. The molecule has 0 aliphatic heterocycles. The van der Waals surface area contributed by atoms with Crippen LogP contribution < -0.4 is 0 Å². The van der Waals surface area contributed by atoms with Crippen molar-refractivity contribution in [3.63, 3.8) is 0 Å². The van der Waals surface area contributed by atoms with Crippen molar-refractivity contribution in [1.29, 1.82) is 0 Å². The van der Waals surface area contributed by atoms with Gasteiger partial charge in [-0.3, -0.25) is 0 Å². The van der Waals surface area contributed by atoms with Gasteiger partial charge in [-0.25, -0.2) is 4.98 Å². The first kappa shape index (κ1) is 6.76. The number of terminal acetylenes is 1. The van der Waals surface area contributed by atoms with Crippen LogP contribution in [0.25, 0.3) is 0 Å². The quantitative estimate of drug-likeness (QED) is 0.419. The minimum Gasteiger partial charge on any atom is -0.228 e. The molecule has 0 fully saturated rings. The number of nitrogens with zero attached hydrogens (tertiary/aromatic N) is 1. The van der Waals surface area contributed by atoms with Crippen molar-refractivity contribution in [2.24, 2.45) is 0 Å². The maximum Gasteiger partial charge on any atom is 0.216 e. The van der Waals surface area contributed by atoms with E-state index in [9.17, 15) is 4.39 Å². The molecule has 0 saturated carbocycles. The zero-order valence-corrected chi connectivity index (χ0v) is 5.34. The molecule has 1 aromatic rings. The van der Waals surface area contributed by atoms with Gasteiger partial charge in [-0.2, -0.15) is 4.39 Å². The largest absolute Gasteiger partial charge is 0.228 e. The van der Waals surface area contributed by atoms with E-state index < -0.39 is 5.95 Å². The van der Waals surface area contributed by atoms with Crippen LogP contribution in [0.4, 0.5) is 4.39 Å². The average molecular weight is 135 g/mol. The number of halogens is 1. The molecule has 0 aromatic carbocycles. The number of rotatable bonds is 1. The Morgan fingerprint density at radius 2 is 2.50 bits per heavy atom. The van der Waals surface area contributed by atoms with Gasteiger partial charge in [0.25, 0.3) is 0 Å². The molecule has 0 unspecified atom stereocenters. The van der Waals surface area contributed by atoms with E-state index >= 15 is 0 Å². The van der Waals surface area contributed by atoms with Crippen LogP contribution in [-0.2, 0) is 6.42 Å². The van der Waals surface area contributed by atoms with Crippen LogP contribution in [0.5, 0.6) is 0 Å². The van der Waals surface area contributed by atoms with Crippen molar-refractivity contribution in [2.75, 3.05) is 0 Å². The maximum absolute atomic E-state index is 12.6. The Bertz CT molecular complexity index is 262. The molecule has 1 rings (SSSR count). The minimum atomic E-state index is -0.472. The molecule has 10 heavy (non-hydrogen) atoms. The van der Waals surface area contributed by atoms with Crippen molar-refractivity contribution in [1.82, 2.24) is 4.98 Å². The van der Waals surface area contributed by atoms with Crippen LogP contribution in [0.15, 0.2) is 18.3 Å². The summed E-state index contributed by atoms with van der Waals surface area (Å²) in [5, 5.41) is 0. The smallest absolute Gasteiger partial charge is 0.216 e. The van der Waals surface area contributed by atoms with Gasteiger partial charge in [-0.05, 0) is 6.07 Å². The topological polar surface area (TPSA) is 12.9 Å². The Labute approximate surface area is 58.9 Å². The van der Waals surface area contributed by atoms with Gasteiger partial charge in [0.05, 0.1) is 0 Å². The summed E-state index contributed by atoms with van der Waals surface area (Å²) >= 11 is 0. The molecule has 0 N–H and O–H groups in total. The highest BCUT2D eigenvalue weighted by Crippen LogP contribution is 2.02. The van der Waals surface area contributed by atoms with E-state index in [2.05, 4.69) is 10.9 Å². The lowest BCUT2D eigenvalue weighted by Gasteiger charge is -1.93. The van der Waals surface area contributed by atoms with E-state index in [0.717, 1.165) is 0 Å². The minimum absolute atomic E-state index is 0.305. The molecule has 0 radical (unpaired) electrons. The summed E-state index contributed by atoms with van der Waals surface area (Å²) in [5.74, 6) is 1.87. The molecule has 1 heterocycles. The highest BCUT2D eigenvalue weighted by atomic mass is 19.1. The summed E-state index contributed by atoms with van der Waals surface area (Å²) in [6.07, 6.45) is 6.69. The van der Waals surface area contributed by atoms with E-state index in [1.54, 1.807) is 12.1 Å². The molecule has 1 aromatic heterocycles. The molecule has 0 spiro atoms. The van der Waals surface area contributed by atoms with Crippen molar-refractivity contribution in [3.05, 3.63) is 29.8 Å². The van der Waals surface area contributed by atoms with Crippen LogP contribution in [0.2, 0.25) is 0 Å². The highest BCUT2D eigenvalue weighted by Gasteiger charge is 1.97. The number of hydrogen-bond acceptors (Lipinski definition) is 1. The Kier molecular flexibility index (Phi) is 2.01. The highest BCUT2D eigenvalue weighted by molar-refractivity contribution is 5.16. The van der Waals surface area contributed by atoms with Crippen LogP contribution in [0.1, 0.15) is 5.56 Å². The Balaban J connectivity index is 2.94. The zero-order chi connectivity index (χ0) is 7.40. The zero-order valence-electron chi connectivity index (χ0n) is 5.34. The molecule has 50 valence electrons. The first-order chi connectivity index (χ1) is 4.84. The number of hydrogen-bond donors (Lipinski definition) is 0. The standard InChI is InChI=1S/C8H6FN/c1-2-4-7-5-3-6-10-8(7)9/h1,3,5-6H,4H2. The van der Waals surface area contributed by atoms with E-state index in [-0.39, 0.29) is 0 Å². The summed E-state index contributed by atoms with van der Waals surface area (Å²) in [7, 11) is 0. The predicted molar refractivity (Wildman–Crippen MR) is 36.7 cm³/mol. The fraction of sp³-hybridized carbons (Fsp3) is 0.125. The van der Waals surface area contributed by atoms with E-state index in [1.807, 2.05) is 0 Å².